The van der Waals surface area contributed by atoms with Crippen LogP contribution in [0, 0.1) is 24.5 Å². The molecular formula is C26H29N5O3S. The normalized spacial score (nSPS) is 15.2. The van der Waals surface area contributed by atoms with E-state index in [9.17, 15) is 9.59 Å². The molecule has 1 aliphatic rings. The lowest BCUT2D eigenvalue weighted by atomic mass is 9.97. The van der Waals surface area contributed by atoms with Gasteiger partial charge >= 0.3 is 5.97 Å². The van der Waals surface area contributed by atoms with Crippen LogP contribution in [0.25, 0.3) is 22.4 Å². The van der Waals surface area contributed by atoms with Crippen LogP contribution < -0.4 is 5.56 Å². The number of aryl methyl sites for hydroxylation is 2. The van der Waals surface area contributed by atoms with Gasteiger partial charge in [0.2, 0.25) is 10.5 Å². The van der Waals surface area contributed by atoms with Gasteiger partial charge in [-0.3, -0.25) is 18.9 Å². The lowest BCUT2D eigenvalue weighted by molar-refractivity contribution is -0.149. The number of esters is 1. The van der Waals surface area contributed by atoms with Crippen molar-refractivity contribution < 1.29 is 9.53 Å². The van der Waals surface area contributed by atoms with Crippen molar-refractivity contribution in [2.45, 2.75) is 40.3 Å². The minimum atomic E-state index is -0.123. The third-order valence-corrected chi connectivity index (χ3v) is 7.13. The molecule has 1 aliphatic heterocycles. The molecule has 0 spiro atoms. The Kier molecular flexibility index (Phi) is 6.29. The number of carbonyl (C=O) groups is 1. The molecule has 0 bridgehead atoms. The molecule has 0 N–H and O–H groups in total. The van der Waals surface area contributed by atoms with Crippen molar-refractivity contribution >= 4 is 34.9 Å². The van der Waals surface area contributed by atoms with Crippen molar-refractivity contribution in [1.82, 2.24) is 23.6 Å². The highest BCUT2D eigenvalue weighted by Gasteiger charge is 2.27. The fraction of sp³-hybridized carbons (Fsp3) is 0.385. The number of ether oxygens (including phenoxy) is 1. The van der Waals surface area contributed by atoms with E-state index >= 15 is 0 Å². The summed E-state index contributed by atoms with van der Waals surface area (Å²) in [5.41, 5.74) is 3.53. The van der Waals surface area contributed by atoms with Gasteiger partial charge in [0.05, 0.1) is 35.8 Å². The summed E-state index contributed by atoms with van der Waals surface area (Å²) in [4.78, 5) is 28.0. The van der Waals surface area contributed by atoms with E-state index in [0.717, 1.165) is 48.3 Å². The van der Waals surface area contributed by atoms with E-state index in [-0.39, 0.29) is 17.4 Å². The molecular weight excluding hydrogens is 462 g/mol. The molecule has 182 valence electrons. The molecule has 2 aromatic carbocycles. The Morgan fingerprint density at radius 2 is 1.89 bits per heavy atom. The smallest absolute Gasteiger partial charge is 0.309 e. The van der Waals surface area contributed by atoms with Crippen LogP contribution in [-0.4, -0.2) is 49.3 Å². The van der Waals surface area contributed by atoms with Gasteiger partial charge in [-0.25, -0.2) is 9.25 Å². The van der Waals surface area contributed by atoms with Crippen LogP contribution >= 0.6 is 12.2 Å². The van der Waals surface area contributed by atoms with Crippen molar-refractivity contribution in [1.29, 1.82) is 0 Å². The first-order valence-corrected chi connectivity index (χ1v) is 12.4. The monoisotopic (exact) mass is 491 g/mol. The first-order valence-electron chi connectivity index (χ1n) is 12.0. The topological polar surface area (TPSA) is 73.8 Å². The van der Waals surface area contributed by atoms with Gasteiger partial charge in [0, 0.05) is 13.1 Å². The molecule has 2 aromatic heterocycles. The highest BCUT2D eigenvalue weighted by atomic mass is 32.1. The number of benzene rings is 2. The van der Waals surface area contributed by atoms with Crippen LogP contribution in [0.1, 0.15) is 30.9 Å². The van der Waals surface area contributed by atoms with Gasteiger partial charge in [0.1, 0.15) is 0 Å². The van der Waals surface area contributed by atoms with Gasteiger partial charge in [-0.05, 0) is 69.6 Å². The van der Waals surface area contributed by atoms with E-state index in [1.807, 2.05) is 61.6 Å². The summed E-state index contributed by atoms with van der Waals surface area (Å²) in [6, 6.07) is 13.5. The summed E-state index contributed by atoms with van der Waals surface area (Å²) in [5.74, 6) is 0.325. The second-order valence-electron chi connectivity index (χ2n) is 9.15. The van der Waals surface area contributed by atoms with Gasteiger partial charge in [-0.2, -0.15) is 0 Å². The third-order valence-electron chi connectivity index (χ3n) is 6.74. The quantitative estimate of drug-likeness (QED) is 0.310. The lowest BCUT2D eigenvalue weighted by Gasteiger charge is -2.30. The molecule has 35 heavy (non-hydrogen) atoms. The number of para-hydroxylation sites is 1. The zero-order valence-corrected chi connectivity index (χ0v) is 21.0. The summed E-state index contributed by atoms with van der Waals surface area (Å²) >= 11 is 5.88. The molecule has 8 nitrogen and oxygen atoms in total. The highest BCUT2D eigenvalue weighted by Crippen LogP contribution is 2.22. The number of rotatable bonds is 5. The molecule has 0 saturated carbocycles. The van der Waals surface area contributed by atoms with Crippen LogP contribution in [0.2, 0.25) is 0 Å². The Morgan fingerprint density at radius 3 is 2.60 bits per heavy atom. The number of hydrogen-bond acceptors (Lipinski definition) is 6. The van der Waals surface area contributed by atoms with Crippen molar-refractivity contribution in [2.75, 3.05) is 19.7 Å². The lowest BCUT2D eigenvalue weighted by Crippen LogP contribution is -2.38. The van der Waals surface area contributed by atoms with Crippen LogP contribution in [0.3, 0.4) is 0 Å². The Balaban J connectivity index is 1.59. The summed E-state index contributed by atoms with van der Waals surface area (Å²) in [6.07, 6.45) is 1.49. The Hall–Kier alpha value is -3.30. The highest BCUT2D eigenvalue weighted by molar-refractivity contribution is 7.71. The van der Waals surface area contributed by atoms with Crippen LogP contribution in [0.15, 0.2) is 47.3 Å². The first-order chi connectivity index (χ1) is 16.9. The predicted octanol–water partition coefficient (Wildman–Crippen LogP) is 4.02. The molecule has 0 amide bonds. The minimum absolute atomic E-state index is 0.0566. The maximum absolute atomic E-state index is 13.7. The molecule has 0 radical (unpaired) electrons. The number of piperidine rings is 1. The molecule has 3 heterocycles. The van der Waals surface area contributed by atoms with Crippen molar-refractivity contribution in [3.05, 3.63) is 68.7 Å². The minimum Gasteiger partial charge on any atom is -0.466 e. The molecule has 4 aromatic rings. The average Bonchev–Trinajstić information content (AvgIpc) is 3.16. The van der Waals surface area contributed by atoms with E-state index in [0.29, 0.717) is 29.2 Å². The summed E-state index contributed by atoms with van der Waals surface area (Å²) in [6.45, 7) is 8.27. The fourth-order valence-corrected chi connectivity index (χ4v) is 5.22. The number of nitrogens with zero attached hydrogens (tertiary/aromatic N) is 5. The van der Waals surface area contributed by atoms with Crippen LogP contribution in [0.5, 0.6) is 0 Å². The van der Waals surface area contributed by atoms with Crippen molar-refractivity contribution in [3.63, 3.8) is 0 Å². The van der Waals surface area contributed by atoms with Gasteiger partial charge in [-0.1, -0.05) is 29.8 Å². The Morgan fingerprint density at radius 1 is 1.14 bits per heavy atom. The molecule has 9 heteroatoms. The van der Waals surface area contributed by atoms with Crippen LogP contribution in [-0.2, 0) is 16.2 Å². The maximum Gasteiger partial charge on any atom is 0.309 e. The molecule has 0 atom stereocenters. The van der Waals surface area contributed by atoms with E-state index in [4.69, 9.17) is 22.1 Å². The SMILES string of the molecule is CCOC(=O)C1CCN(Cn2nc3n(-c4ccc(C)cc4C)c(=O)c4ccccc4n3c2=S)CC1. The molecule has 0 aliphatic carbocycles. The first kappa shape index (κ1) is 23.4. The number of hydrogen-bond donors (Lipinski definition) is 0. The van der Waals surface area contributed by atoms with E-state index < -0.39 is 0 Å². The Labute approximate surface area is 208 Å². The third kappa shape index (κ3) is 4.19. The van der Waals surface area contributed by atoms with Gasteiger partial charge < -0.3 is 4.74 Å². The number of carbonyl (C=O) groups excluding carboxylic acids is 1. The second kappa shape index (κ2) is 9.39. The standard InChI is InChI=1S/C26H29N5O3S/c1-4-34-24(33)19-11-13-28(14-12-19)16-29-26(35)31-22-8-6-5-7-20(22)23(32)30(25(31)27-29)21-10-9-17(2)15-18(21)3/h5-10,15,19H,4,11-14,16H2,1-3H3. The zero-order chi connectivity index (χ0) is 24.7. The predicted molar refractivity (Wildman–Crippen MR) is 138 cm³/mol. The second-order valence-corrected chi connectivity index (χ2v) is 9.52. The number of aromatic nitrogens is 4. The molecule has 5 rings (SSSR count). The fourth-order valence-electron chi connectivity index (χ4n) is 4.94. The molecule has 0 unspecified atom stereocenters. The van der Waals surface area contributed by atoms with Crippen LogP contribution in [0.4, 0.5) is 0 Å². The van der Waals surface area contributed by atoms with Gasteiger partial charge in [0.25, 0.3) is 5.56 Å². The Bertz CT molecular complexity index is 1540. The summed E-state index contributed by atoms with van der Waals surface area (Å²) < 4.78 is 11.0. The van der Waals surface area contributed by atoms with Gasteiger partial charge in [0.15, 0.2) is 0 Å². The largest absolute Gasteiger partial charge is 0.466 e. The zero-order valence-electron chi connectivity index (χ0n) is 20.2. The van der Waals surface area contributed by atoms with E-state index in [1.54, 1.807) is 9.25 Å². The van der Waals surface area contributed by atoms with Crippen molar-refractivity contribution in [3.8, 4) is 5.69 Å². The number of fused-ring (bicyclic) bond motifs is 3. The van der Waals surface area contributed by atoms with Crippen molar-refractivity contribution in [2.24, 2.45) is 5.92 Å². The molecule has 1 fully saturated rings. The summed E-state index contributed by atoms with van der Waals surface area (Å²) in [5, 5.41) is 5.43. The van der Waals surface area contributed by atoms with E-state index in [1.165, 1.54) is 0 Å². The maximum atomic E-state index is 13.7. The summed E-state index contributed by atoms with van der Waals surface area (Å²) in [7, 11) is 0. The number of likely N-dealkylation sites (tertiary alicyclic amines) is 1. The van der Waals surface area contributed by atoms with Gasteiger partial charge in [-0.15, -0.1) is 5.10 Å². The van der Waals surface area contributed by atoms with E-state index in [2.05, 4.69) is 11.0 Å². The average molecular weight is 492 g/mol. The molecule has 1 saturated heterocycles.